The molecule has 1 heterocycles. The molecule has 0 amide bonds. The fourth-order valence-electron chi connectivity index (χ4n) is 7.84. The average molecular weight is 722 g/mol. The zero-order valence-electron chi connectivity index (χ0n) is 37.9. The Bertz CT molecular complexity index is 3680. The first-order chi connectivity index (χ1) is 31.1. The number of nitrogens with zero attached hydrogens (tertiary/aromatic N) is 1. The molecule has 262 valence electrons. The van der Waals surface area contributed by atoms with E-state index in [4.69, 9.17) is 4.42 Å². The van der Waals surface area contributed by atoms with E-state index in [1.807, 2.05) is 133 Å². The Labute approximate surface area is 336 Å². The largest absolute Gasteiger partial charge is 0.455 e. The van der Waals surface area contributed by atoms with E-state index in [0.717, 1.165) is 54.2 Å². The number of para-hydroxylation sites is 1. The molecule has 11 rings (SSSR count). The van der Waals surface area contributed by atoms with Crippen LogP contribution >= 0.6 is 0 Å². The van der Waals surface area contributed by atoms with Crippen LogP contribution in [0.3, 0.4) is 0 Å². The SMILES string of the molecule is [2H]c1c([2H])c(N(c2ccccc2-c2ccc3oc4c5ccccc5ccc4c3c2)c2c([2H])c([2H])c(-c3cccc4ccccc34)c([2H])c2[2H])c([2H])c([2H])c1-c1ccc2ccccc2c1. The molecule has 0 aliphatic heterocycles. The fraction of sp³-hybridized carbons (Fsp3) is 0. The number of hydrogen-bond donors (Lipinski definition) is 0. The highest BCUT2D eigenvalue weighted by Crippen LogP contribution is 2.44. The molecule has 0 aliphatic rings. The van der Waals surface area contributed by atoms with Crippen LogP contribution in [-0.2, 0) is 0 Å². The van der Waals surface area contributed by atoms with Crippen molar-refractivity contribution in [2.45, 2.75) is 0 Å². The summed E-state index contributed by atoms with van der Waals surface area (Å²) in [5, 5.41) is 7.28. The second-order valence-corrected chi connectivity index (χ2v) is 13.9. The predicted molar refractivity (Wildman–Crippen MR) is 237 cm³/mol. The van der Waals surface area contributed by atoms with E-state index < -0.39 is 24.2 Å². The number of hydrogen-bond acceptors (Lipinski definition) is 2. The van der Waals surface area contributed by atoms with Crippen LogP contribution in [0, 0.1) is 0 Å². The summed E-state index contributed by atoms with van der Waals surface area (Å²) in [6.07, 6.45) is 0. The second kappa shape index (κ2) is 13.2. The van der Waals surface area contributed by atoms with Gasteiger partial charge in [-0.15, -0.1) is 0 Å². The van der Waals surface area contributed by atoms with Crippen LogP contribution in [0.5, 0.6) is 0 Å². The standard InChI is InChI=1S/C54H35NO/c1-2-13-41-34-42(21-20-36(41)10-1)37-22-28-44(29-23-37)55(45-30-24-40(25-31-45)47-18-9-14-38-11-3-5-15-46(38)47)52-19-8-7-16-48(52)43-27-33-53-51(35-43)50-32-26-39-12-4-6-17-49(39)54(50)56-53/h1-35H/i22D,23D,24D,25D,28D,29D,30D,31D. The average Bonchev–Trinajstić information content (AvgIpc) is 3.71. The highest BCUT2D eigenvalue weighted by atomic mass is 16.3. The number of benzene rings is 10. The van der Waals surface area contributed by atoms with Crippen molar-refractivity contribution < 1.29 is 15.4 Å². The van der Waals surface area contributed by atoms with Crippen molar-refractivity contribution in [3.8, 4) is 33.4 Å². The van der Waals surface area contributed by atoms with Crippen molar-refractivity contribution in [1.29, 1.82) is 0 Å². The van der Waals surface area contributed by atoms with Crippen LogP contribution in [0.2, 0.25) is 0 Å². The molecular weight excluding hydrogens is 679 g/mol. The Morgan fingerprint density at radius 2 is 0.946 bits per heavy atom. The van der Waals surface area contributed by atoms with E-state index in [0.29, 0.717) is 28.0 Å². The van der Waals surface area contributed by atoms with Crippen LogP contribution in [0.25, 0.3) is 87.6 Å². The molecule has 0 N–H and O–H groups in total. The quantitative estimate of drug-likeness (QED) is 0.170. The molecule has 0 unspecified atom stereocenters. The third kappa shape index (κ3) is 5.42. The summed E-state index contributed by atoms with van der Waals surface area (Å²) >= 11 is 0. The summed E-state index contributed by atoms with van der Waals surface area (Å²) < 4.78 is 83.3. The third-order valence-corrected chi connectivity index (χ3v) is 10.6. The third-order valence-electron chi connectivity index (χ3n) is 10.6. The highest BCUT2D eigenvalue weighted by molar-refractivity contribution is 6.15. The molecule has 0 aliphatic carbocycles. The smallest absolute Gasteiger partial charge is 0.143 e. The minimum atomic E-state index is -0.405. The molecule has 0 bridgehead atoms. The van der Waals surface area contributed by atoms with Gasteiger partial charge >= 0.3 is 0 Å². The summed E-state index contributed by atoms with van der Waals surface area (Å²) in [5.41, 5.74) is 3.89. The van der Waals surface area contributed by atoms with Gasteiger partial charge in [0.25, 0.3) is 0 Å². The summed E-state index contributed by atoms with van der Waals surface area (Å²) in [7, 11) is 0. The number of rotatable bonds is 6. The van der Waals surface area contributed by atoms with Crippen molar-refractivity contribution in [1.82, 2.24) is 0 Å². The second-order valence-electron chi connectivity index (χ2n) is 13.9. The Hall–Kier alpha value is -7.42. The maximum absolute atomic E-state index is 9.72. The van der Waals surface area contributed by atoms with Crippen molar-refractivity contribution >= 4 is 71.3 Å². The van der Waals surface area contributed by atoms with Crippen molar-refractivity contribution in [2.24, 2.45) is 0 Å². The normalized spacial score (nSPS) is 13.6. The van der Waals surface area contributed by atoms with E-state index in [9.17, 15) is 11.0 Å². The summed E-state index contributed by atoms with van der Waals surface area (Å²) in [6, 6.07) is 48.6. The molecular formula is C54H35NO. The summed E-state index contributed by atoms with van der Waals surface area (Å²) in [5.74, 6) is 0. The summed E-state index contributed by atoms with van der Waals surface area (Å²) in [4.78, 5) is 1.39. The number of fused-ring (bicyclic) bond motifs is 7. The zero-order valence-corrected chi connectivity index (χ0v) is 29.9. The first-order valence-corrected chi connectivity index (χ1v) is 18.5. The molecule has 56 heavy (non-hydrogen) atoms. The van der Waals surface area contributed by atoms with Gasteiger partial charge in [0.15, 0.2) is 0 Å². The molecule has 10 aromatic carbocycles. The lowest BCUT2D eigenvalue weighted by Gasteiger charge is -2.28. The molecule has 2 heteroatoms. The lowest BCUT2D eigenvalue weighted by atomic mass is 9.97. The van der Waals surface area contributed by atoms with E-state index in [-0.39, 0.29) is 46.7 Å². The van der Waals surface area contributed by atoms with Crippen LogP contribution in [0.15, 0.2) is 217 Å². The zero-order chi connectivity index (χ0) is 44.0. The number of anilines is 3. The molecule has 11 aromatic rings. The fourth-order valence-corrected chi connectivity index (χ4v) is 7.84. The van der Waals surface area contributed by atoms with Gasteiger partial charge in [-0.05, 0) is 109 Å². The van der Waals surface area contributed by atoms with Crippen LogP contribution in [-0.4, -0.2) is 0 Å². The summed E-state index contributed by atoms with van der Waals surface area (Å²) in [6.45, 7) is 0. The van der Waals surface area contributed by atoms with Crippen LogP contribution in [0.4, 0.5) is 17.1 Å². The minimum absolute atomic E-state index is 0.105. The monoisotopic (exact) mass is 721 g/mol. The van der Waals surface area contributed by atoms with Gasteiger partial charge in [0.05, 0.1) is 16.7 Å². The topological polar surface area (TPSA) is 16.4 Å². The van der Waals surface area contributed by atoms with Crippen LogP contribution < -0.4 is 4.90 Å². The first kappa shape index (κ1) is 24.8. The molecule has 0 saturated heterocycles. The van der Waals surface area contributed by atoms with Gasteiger partial charge in [0.1, 0.15) is 11.2 Å². The van der Waals surface area contributed by atoms with Crippen molar-refractivity contribution in [3.05, 3.63) is 212 Å². The molecule has 0 fully saturated rings. The molecule has 0 spiro atoms. The Kier molecular flexibility index (Phi) is 5.83. The van der Waals surface area contributed by atoms with E-state index in [1.54, 1.807) is 24.3 Å². The van der Waals surface area contributed by atoms with Gasteiger partial charge in [-0.25, -0.2) is 0 Å². The van der Waals surface area contributed by atoms with E-state index >= 15 is 0 Å². The van der Waals surface area contributed by atoms with Gasteiger partial charge in [0, 0.05) is 33.1 Å². The maximum atomic E-state index is 9.72. The van der Waals surface area contributed by atoms with E-state index in [2.05, 4.69) is 6.07 Å². The lowest BCUT2D eigenvalue weighted by molar-refractivity contribution is 0.672. The van der Waals surface area contributed by atoms with Gasteiger partial charge in [-0.3, -0.25) is 0 Å². The first-order valence-electron chi connectivity index (χ1n) is 22.5. The predicted octanol–water partition coefficient (Wildman–Crippen LogP) is 15.5. The van der Waals surface area contributed by atoms with Crippen LogP contribution in [0.1, 0.15) is 11.0 Å². The Morgan fingerprint density at radius 3 is 1.75 bits per heavy atom. The van der Waals surface area contributed by atoms with E-state index in [1.165, 1.54) is 4.90 Å². The molecule has 0 saturated carbocycles. The Morgan fingerprint density at radius 1 is 0.357 bits per heavy atom. The van der Waals surface area contributed by atoms with Gasteiger partial charge in [-0.1, -0.05) is 158 Å². The molecule has 2 nitrogen and oxygen atoms in total. The Balaban J connectivity index is 1.18. The molecule has 1 aromatic heterocycles. The van der Waals surface area contributed by atoms with Gasteiger partial charge in [0.2, 0.25) is 0 Å². The maximum Gasteiger partial charge on any atom is 0.143 e. The molecule has 0 atom stereocenters. The van der Waals surface area contributed by atoms with Gasteiger partial charge in [-0.2, -0.15) is 0 Å². The highest BCUT2D eigenvalue weighted by Gasteiger charge is 2.19. The van der Waals surface area contributed by atoms with Crippen molar-refractivity contribution in [2.75, 3.05) is 4.90 Å². The minimum Gasteiger partial charge on any atom is -0.455 e. The van der Waals surface area contributed by atoms with Crippen molar-refractivity contribution in [3.63, 3.8) is 0 Å². The van der Waals surface area contributed by atoms with Gasteiger partial charge < -0.3 is 9.32 Å². The number of furan rings is 1. The molecule has 0 radical (unpaired) electrons. The lowest BCUT2D eigenvalue weighted by Crippen LogP contribution is -2.11.